The number of ether oxygens (including phenoxy) is 2. The summed E-state index contributed by atoms with van der Waals surface area (Å²) >= 11 is 0. The number of anilines is 1. The summed E-state index contributed by atoms with van der Waals surface area (Å²) in [5.74, 6) is -0.296. The molecule has 1 amide bonds. The van der Waals surface area contributed by atoms with Gasteiger partial charge in [0.2, 0.25) is 0 Å². The summed E-state index contributed by atoms with van der Waals surface area (Å²) in [5, 5.41) is 0. The first-order valence-corrected chi connectivity index (χ1v) is 8.78. The molecule has 0 aromatic heterocycles. The first-order chi connectivity index (χ1) is 12.0. The quantitative estimate of drug-likeness (QED) is 0.410. The molecule has 1 heterocycles. The molecule has 0 N–H and O–H groups in total. The van der Waals surface area contributed by atoms with Crippen molar-refractivity contribution in [2.24, 2.45) is 0 Å². The van der Waals surface area contributed by atoms with Crippen molar-refractivity contribution < 1.29 is 23.9 Å². The second-order valence-electron chi connectivity index (χ2n) is 6.11. The summed E-state index contributed by atoms with van der Waals surface area (Å²) in [6, 6.07) is 4.99. The summed E-state index contributed by atoms with van der Waals surface area (Å²) in [4.78, 5) is 38.0. The number of nitrogens with zero attached hydrogens (tertiary/aromatic N) is 1. The van der Waals surface area contributed by atoms with Gasteiger partial charge in [0.25, 0.3) is 5.91 Å². The first kappa shape index (κ1) is 19.0. The van der Waals surface area contributed by atoms with E-state index in [0.29, 0.717) is 30.0 Å². The molecular weight excluding hydrogens is 322 g/mol. The lowest BCUT2D eigenvalue weighted by Crippen LogP contribution is -2.47. The van der Waals surface area contributed by atoms with E-state index in [9.17, 15) is 14.4 Å². The molecule has 25 heavy (non-hydrogen) atoms. The third kappa shape index (κ3) is 4.59. The average molecular weight is 347 g/mol. The number of carbonyl (C=O) groups excluding carboxylic acids is 3. The Labute approximate surface area is 148 Å². The van der Waals surface area contributed by atoms with Crippen LogP contribution < -0.4 is 9.64 Å². The second-order valence-corrected chi connectivity index (χ2v) is 6.11. The highest BCUT2D eigenvalue weighted by Crippen LogP contribution is 2.35. The molecule has 0 saturated heterocycles. The van der Waals surface area contributed by atoms with Gasteiger partial charge in [-0.05, 0) is 38.0 Å². The first-order valence-electron chi connectivity index (χ1n) is 8.78. The van der Waals surface area contributed by atoms with Crippen LogP contribution in [0.2, 0.25) is 0 Å². The molecule has 6 heteroatoms. The van der Waals surface area contributed by atoms with Crippen molar-refractivity contribution >= 4 is 23.3 Å². The maximum absolute atomic E-state index is 12.5. The maximum Gasteiger partial charge on any atom is 0.326 e. The Balaban J connectivity index is 2.24. The molecular formula is C19H25NO5. The molecule has 136 valence electrons. The molecule has 0 saturated carbocycles. The zero-order valence-corrected chi connectivity index (χ0v) is 15.0. The molecule has 0 spiro atoms. The van der Waals surface area contributed by atoms with Crippen LogP contribution in [0.5, 0.6) is 5.75 Å². The number of amides is 1. The third-order valence-corrected chi connectivity index (χ3v) is 4.01. The van der Waals surface area contributed by atoms with Crippen molar-refractivity contribution in [3.63, 3.8) is 0 Å². The molecule has 2 rings (SSSR count). The zero-order chi connectivity index (χ0) is 18.4. The molecule has 0 bridgehead atoms. The van der Waals surface area contributed by atoms with Gasteiger partial charge in [0.15, 0.2) is 11.9 Å². The van der Waals surface area contributed by atoms with E-state index in [1.807, 2.05) is 13.8 Å². The summed E-state index contributed by atoms with van der Waals surface area (Å²) in [6.07, 6.45) is 2.20. The normalized spacial score (nSPS) is 16.2. The fraction of sp³-hybridized carbons (Fsp3) is 0.526. The zero-order valence-electron chi connectivity index (χ0n) is 15.0. The highest BCUT2D eigenvalue weighted by atomic mass is 16.5. The van der Waals surface area contributed by atoms with Gasteiger partial charge < -0.3 is 9.47 Å². The molecule has 1 unspecified atom stereocenters. The van der Waals surface area contributed by atoms with Gasteiger partial charge >= 0.3 is 5.97 Å². The third-order valence-electron chi connectivity index (χ3n) is 4.01. The highest BCUT2D eigenvalue weighted by Gasteiger charge is 2.33. The highest BCUT2D eigenvalue weighted by molar-refractivity contribution is 6.05. The van der Waals surface area contributed by atoms with Crippen molar-refractivity contribution in [3.8, 4) is 5.75 Å². The largest absolute Gasteiger partial charge is 0.479 e. The lowest BCUT2D eigenvalue weighted by molar-refractivity contribution is -0.143. The van der Waals surface area contributed by atoms with Crippen LogP contribution in [-0.4, -0.2) is 36.9 Å². The predicted octanol–water partition coefficient (Wildman–Crippen LogP) is 3.13. The number of hydrogen-bond acceptors (Lipinski definition) is 5. The molecule has 0 fully saturated rings. The summed E-state index contributed by atoms with van der Waals surface area (Å²) < 4.78 is 10.8. The molecule has 1 aromatic carbocycles. The van der Waals surface area contributed by atoms with Crippen molar-refractivity contribution in [3.05, 3.63) is 23.8 Å². The fourth-order valence-corrected chi connectivity index (χ4v) is 2.62. The van der Waals surface area contributed by atoms with Crippen molar-refractivity contribution in [1.29, 1.82) is 0 Å². The second kappa shape index (κ2) is 8.65. The lowest BCUT2D eigenvalue weighted by Gasteiger charge is -2.32. The van der Waals surface area contributed by atoms with Crippen LogP contribution in [0.3, 0.4) is 0 Å². The summed E-state index contributed by atoms with van der Waals surface area (Å²) in [6.45, 7) is 5.73. The van der Waals surface area contributed by atoms with E-state index in [0.717, 1.165) is 19.3 Å². The van der Waals surface area contributed by atoms with Crippen LogP contribution in [0, 0.1) is 0 Å². The van der Waals surface area contributed by atoms with Crippen LogP contribution in [0.15, 0.2) is 18.2 Å². The minimum absolute atomic E-state index is 0.00171. The number of hydrogen-bond donors (Lipinski definition) is 0. The number of esters is 1. The minimum Gasteiger partial charge on any atom is -0.479 e. The lowest BCUT2D eigenvalue weighted by atomic mass is 10.0. The predicted molar refractivity (Wildman–Crippen MR) is 94.0 cm³/mol. The number of ketones is 1. The van der Waals surface area contributed by atoms with Crippen LogP contribution in [0.25, 0.3) is 0 Å². The summed E-state index contributed by atoms with van der Waals surface area (Å²) in [7, 11) is 0. The fourth-order valence-electron chi connectivity index (χ4n) is 2.62. The Kier molecular flexibility index (Phi) is 6.56. The van der Waals surface area contributed by atoms with Crippen molar-refractivity contribution in [2.45, 2.75) is 52.6 Å². The van der Waals surface area contributed by atoms with E-state index >= 15 is 0 Å². The minimum atomic E-state index is -0.687. The smallest absolute Gasteiger partial charge is 0.326 e. The number of Topliss-reactive ketones (excluding diaryl/α,β-unsaturated/α-hetero) is 1. The van der Waals surface area contributed by atoms with Crippen LogP contribution in [0.4, 0.5) is 5.69 Å². The Morgan fingerprint density at radius 3 is 2.68 bits per heavy atom. The van der Waals surface area contributed by atoms with E-state index in [4.69, 9.17) is 9.47 Å². The van der Waals surface area contributed by atoms with Crippen LogP contribution in [-0.2, 0) is 14.3 Å². The van der Waals surface area contributed by atoms with Gasteiger partial charge in [-0.1, -0.05) is 20.3 Å². The Morgan fingerprint density at radius 2 is 2.00 bits per heavy atom. The van der Waals surface area contributed by atoms with E-state index < -0.39 is 12.1 Å². The Morgan fingerprint density at radius 1 is 1.24 bits per heavy atom. The monoisotopic (exact) mass is 347 g/mol. The van der Waals surface area contributed by atoms with Crippen LogP contribution >= 0.6 is 0 Å². The SMILES string of the molecule is CCCCOC(=O)CN1C(=O)C(C)Oc2ccc(C(=O)CCC)cc21. The van der Waals surface area contributed by atoms with Crippen molar-refractivity contribution in [2.75, 3.05) is 18.1 Å². The molecule has 6 nitrogen and oxygen atoms in total. The number of carbonyl (C=O) groups is 3. The van der Waals surface area contributed by atoms with Gasteiger partial charge in [-0.2, -0.15) is 0 Å². The molecule has 1 atom stereocenters. The molecule has 1 aliphatic rings. The number of unbranched alkanes of at least 4 members (excludes halogenated alkanes) is 1. The van der Waals surface area contributed by atoms with Gasteiger partial charge in [0.05, 0.1) is 12.3 Å². The van der Waals surface area contributed by atoms with Gasteiger partial charge in [0.1, 0.15) is 12.3 Å². The Hall–Kier alpha value is -2.37. The van der Waals surface area contributed by atoms with Gasteiger partial charge in [-0.25, -0.2) is 0 Å². The topological polar surface area (TPSA) is 72.9 Å². The molecule has 1 aliphatic heterocycles. The molecule has 1 aromatic rings. The maximum atomic E-state index is 12.5. The number of rotatable bonds is 8. The molecule has 0 aliphatic carbocycles. The van der Waals surface area contributed by atoms with E-state index in [1.165, 1.54) is 4.90 Å². The number of benzene rings is 1. The average Bonchev–Trinajstić information content (AvgIpc) is 2.59. The number of fused-ring (bicyclic) bond motifs is 1. The molecule has 0 radical (unpaired) electrons. The van der Waals surface area contributed by atoms with Gasteiger partial charge in [-0.3, -0.25) is 19.3 Å². The van der Waals surface area contributed by atoms with Gasteiger partial charge in [-0.15, -0.1) is 0 Å². The summed E-state index contributed by atoms with van der Waals surface area (Å²) in [5.41, 5.74) is 0.952. The Bertz CT molecular complexity index is 655. The van der Waals surface area contributed by atoms with E-state index in [1.54, 1.807) is 25.1 Å². The van der Waals surface area contributed by atoms with Crippen LogP contribution in [0.1, 0.15) is 56.8 Å². The van der Waals surface area contributed by atoms with Crippen molar-refractivity contribution in [1.82, 2.24) is 0 Å². The van der Waals surface area contributed by atoms with E-state index in [-0.39, 0.29) is 18.2 Å². The van der Waals surface area contributed by atoms with Gasteiger partial charge in [0, 0.05) is 12.0 Å². The standard InChI is InChI=1S/C19H25NO5/c1-4-6-10-24-18(22)12-20-15-11-14(16(21)7-5-2)8-9-17(15)25-13(3)19(20)23/h8-9,11,13H,4-7,10,12H2,1-3H3. The van der Waals surface area contributed by atoms with E-state index in [2.05, 4.69) is 0 Å².